The second-order valence-corrected chi connectivity index (χ2v) is 6.28. The van der Waals surface area contributed by atoms with Crippen LogP contribution in [-0.4, -0.2) is 37.0 Å². The van der Waals surface area contributed by atoms with Crippen LogP contribution in [-0.2, 0) is 0 Å². The number of rotatable bonds is 6. The van der Waals surface area contributed by atoms with Gasteiger partial charge in [-0.3, -0.25) is 4.57 Å². The highest BCUT2D eigenvalue weighted by atomic mass is 32.2. The Kier molecular flexibility index (Phi) is 4.12. The number of imidazole rings is 1. The molecule has 0 aliphatic heterocycles. The van der Waals surface area contributed by atoms with E-state index in [0.717, 1.165) is 41.2 Å². The van der Waals surface area contributed by atoms with Gasteiger partial charge in [0.25, 0.3) is 0 Å². The highest BCUT2D eigenvalue weighted by Crippen LogP contribution is 2.38. The zero-order valence-corrected chi connectivity index (χ0v) is 12.8. The fourth-order valence-electron chi connectivity index (χ4n) is 2.16. The third-order valence-electron chi connectivity index (χ3n) is 3.52. The van der Waals surface area contributed by atoms with Gasteiger partial charge in [0.05, 0.1) is 0 Å². The van der Waals surface area contributed by atoms with Crippen LogP contribution in [0.25, 0.3) is 17.4 Å². The summed E-state index contributed by atoms with van der Waals surface area (Å²) >= 11 is 1.67. The Labute approximate surface area is 127 Å². The largest absolute Gasteiger partial charge is 0.396 e. The summed E-state index contributed by atoms with van der Waals surface area (Å²) in [6.07, 6.45) is 6.96. The SMILES string of the molecule is CCCCSc1nc(N)nc2c1ncn2/C=C1/C[C@@H]1CO. The maximum atomic E-state index is 9.11. The number of nitrogen functional groups attached to an aromatic ring is 1. The minimum absolute atomic E-state index is 0.202. The van der Waals surface area contributed by atoms with Crippen LogP contribution in [0.4, 0.5) is 5.95 Å². The van der Waals surface area contributed by atoms with Gasteiger partial charge >= 0.3 is 0 Å². The monoisotopic (exact) mass is 305 g/mol. The summed E-state index contributed by atoms with van der Waals surface area (Å²) in [5.74, 6) is 1.57. The fraction of sp³-hybridized carbons (Fsp3) is 0.500. The van der Waals surface area contributed by atoms with Crippen molar-refractivity contribution in [1.82, 2.24) is 19.5 Å². The molecule has 0 radical (unpaired) electrons. The van der Waals surface area contributed by atoms with Gasteiger partial charge in [0, 0.05) is 18.7 Å². The molecule has 1 atom stereocenters. The Bertz CT molecular complexity index is 681. The second kappa shape index (κ2) is 6.03. The molecule has 3 rings (SSSR count). The number of aromatic nitrogens is 4. The molecular weight excluding hydrogens is 286 g/mol. The molecule has 1 saturated carbocycles. The first-order valence-corrected chi connectivity index (χ1v) is 8.15. The van der Waals surface area contributed by atoms with E-state index in [9.17, 15) is 0 Å². The Balaban J connectivity index is 1.92. The van der Waals surface area contributed by atoms with Crippen molar-refractivity contribution in [2.75, 3.05) is 18.1 Å². The Hall–Kier alpha value is -1.60. The van der Waals surface area contributed by atoms with Gasteiger partial charge in [0.15, 0.2) is 5.65 Å². The van der Waals surface area contributed by atoms with E-state index in [0.29, 0.717) is 5.92 Å². The number of unbranched alkanes of at least 4 members (excludes halogenated alkanes) is 1. The zero-order valence-electron chi connectivity index (χ0n) is 12.0. The van der Waals surface area contributed by atoms with E-state index < -0.39 is 0 Å². The van der Waals surface area contributed by atoms with Crippen molar-refractivity contribution in [3.8, 4) is 0 Å². The normalized spacial score (nSPS) is 19.5. The van der Waals surface area contributed by atoms with E-state index in [4.69, 9.17) is 10.8 Å². The number of anilines is 1. The Morgan fingerprint density at radius 1 is 1.52 bits per heavy atom. The van der Waals surface area contributed by atoms with Gasteiger partial charge in [-0.25, -0.2) is 9.97 Å². The van der Waals surface area contributed by atoms with Gasteiger partial charge in [0.1, 0.15) is 16.9 Å². The third-order valence-corrected chi connectivity index (χ3v) is 4.57. The van der Waals surface area contributed by atoms with Crippen molar-refractivity contribution in [1.29, 1.82) is 0 Å². The molecule has 0 spiro atoms. The molecule has 2 aromatic heterocycles. The van der Waals surface area contributed by atoms with Crippen LogP contribution in [0.1, 0.15) is 26.2 Å². The molecular formula is C14H19N5OS. The predicted octanol–water partition coefficient (Wildman–Crippen LogP) is 2.15. The smallest absolute Gasteiger partial charge is 0.223 e. The number of fused-ring (bicyclic) bond motifs is 1. The topological polar surface area (TPSA) is 89.9 Å². The molecule has 0 aromatic carbocycles. The first-order chi connectivity index (χ1) is 10.2. The number of nitrogens with zero attached hydrogens (tertiary/aromatic N) is 4. The van der Waals surface area contributed by atoms with Crippen molar-refractivity contribution < 1.29 is 5.11 Å². The summed E-state index contributed by atoms with van der Waals surface area (Å²) in [5.41, 5.74) is 8.57. The molecule has 1 aliphatic carbocycles. The number of nitrogens with two attached hydrogens (primary N) is 1. The van der Waals surface area contributed by atoms with Crippen LogP contribution >= 0.6 is 11.8 Å². The first kappa shape index (κ1) is 14.3. The van der Waals surface area contributed by atoms with Gasteiger partial charge in [-0.1, -0.05) is 13.3 Å². The van der Waals surface area contributed by atoms with Gasteiger partial charge < -0.3 is 10.8 Å². The van der Waals surface area contributed by atoms with Crippen LogP contribution in [0.5, 0.6) is 0 Å². The Morgan fingerprint density at radius 3 is 3.10 bits per heavy atom. The molecule has 7 heteroatoms. The molecule has 0 bridgehead atoms. The van der Waals surface area contributed by atoms with Gasteiger partial charge in [0.2, 0.25) is 5.95 Å². The number of aliphatic hydroxyl groups excluding tert-OH is 1. The lowest BCUT2D eigenvalue weighted by atomic mass is 10.4. The van der Waals surface area contributed by atoms with Crippen molar-refractivity contribution in [3.63, 3.8) is 0 Å². The van der Waals surface area contributed by atoms with Crippen LogP contribution < -0.4 is 5.73 Å². The molecule has 2 aromatic rings. The average molecular weight is 305 g/mol. The van der Waals surface area contributed by atoms with E-state index in [2.05, 4.69) is 21.9 Å². The van der Waals surface area contributed by atoms with Gasteiger partial charge in [-0.2, -0.15) is 4.98 Å². The molecule has 6 nitrogen and oxygen atoms in total. The summed E-state index contributed by atoms with van der Waals surface area (Å²) in [6, 6.07) is 0. The summed E-state index contributed by atoms with van der Waals surface area (Å²) in [7, 11) is 0. The van der Waals surface area contributed by atoms with E-state index in [1.165, 1.54) is 5.57 Å². The maximum absolute atomic E-state index is 9.11. The minimum Gasteiger partial charge on any atom is -0.396 e. The lowest BCUT2D eigenvalue weighted by molar-refractivity contribution is 0.281. The molecule has 1 aliphatic rings. The second-order valence-electron chi connectivity index (χ2n) is 5.20. The maximum Gasteiger partial charge on any atom is 0.223 e. The number of hydrogen-bond acceptors (Lipinski definition) is 6. The fourth-order valence-corrected chi connectivity index (χ4v) is 3.22. The van der Waals surface area contributed by atoms with Crippen molar-refractivity contribution >= 4 is 35.1 Å². The van der Waals surface area contributed by atoms with E-state index in [1.54, 1.807) is 18.1 Å². The molecule has 21 heavy (non-hydrogen) atoms. The van der Waals surface area contributed by atoms with Gasteiger partial charge in [-0.15, -0.1) is 11.8 Å². The lowest BCUT2D eigenvalue weighted by Crippen LogP contribution is -1.99. The molecule has 3 N–H and O–H groups in total. The number of hydrogen-bond donors (Lipinski definition) is 2. The van der Waals surface area contributed by atoms with Crippen molar-refractivity contribution in [2.24, 2.45) is 5.92 Å². The summed E-state index contributed by atoms with van der Waals surface area (Å²) in [4.78, 5) is 13.0. The molecule has 0 unspecified atom stereocenters. The number of aliphatic hydroxyl groups is 1. The Morgan fingerprint density at radius 2 is 2.38 bits per heavy atom. The molecule has 2 heterocycles. The highest BCUT2D eigenvalue weighted by Gasteiger charge is 2.29. The molecule has 0 saturated heterocycles. The van der Waals surface area contributed by atoms with Crippen LogP contribution in [0.2, 0.25) is 0 Å². The molecule has 1 fully saturated rings. The highest BCUT2D eigenvalue weighted by molar-refractivity contribution is 7.99. The summed E-state index contributed by atoms with van der Waals surface area (Å²) in [5, 5.41) is 9.96. The zero-order chi connectivity index (χ0) is 14.8. The van der Waals surface area contributed by atoms with Gasteiger partial charge in [-0.05, 0) is 24.2 Å². The van der Waals surface area contributed by atoms with Crippen molar-refractivity contribution in [2.45, 2.75) is 31.2 Å². The lowest BCUT2D eigenvalue weighted by Gasteiger charge is -2.03. The van der Waals surface area contributed by atoms with Crippen molar-refractivity contribution in [3.05, 3.63) is 11.9 Å². The quantitative estimate of drug-likeness (QED) is 0.483. The van der Waals surface area contributed by atoms with Crippen LogP contribution in [0.15, 0.2) is 16.9 Å². The third kappa shape index (κ3) is 3.03. The van der Waals surface area contributed by atoms with E-state index in [1.807, 2.05) is 10.8 Å². The summed E-state index contributed by atoms with van der Waals surface area (Å²) in [6.45, 7) is 2.37. The predicted molar refractivity (Wildman–Crippen MR) is 84.8 cm³/mol. The van der Waals surface area contributed by atoms with Crippen LogP contribution in [0.3, 0.4) is 0 Å². The van der Waals surface area contributed by atoms with E-state index in [-0.39, 0.29) is 12.6 Å². The van der Waals surface area contributed by atoms with Crippen LogP contribution in [0, 0.1) is 5.92 Å². The minimum atomic E-state index is 0.202. The first-order valence-electron chi connectivity index (χ1n) is 7.17. The summed E-state index contributed by atoms with van der Waals surface area (Å²) < 4.78 is 1.88. The molecule has 112 valence electrons. The standard InChI is InChI=1S/C14H19N5OS/c1-2-3-4-21-13-11-12(17-14(15)18-13)19(8-16-11)6-9-5-10(9)7-20/h6,8,10,20H,2-5,7H2,1H3,(H2,15,17,18)/b9-6-/t10-/m1/s1. The van der Waals surface area contributed by atoms with E-state index >= 15 is 0 Å². The number of thioether (sulfide) groups is 1. The average Bonchev–Trinajstić information content (AvgIpc) is 3.11. The molecule has 0 amide bonds.